The first-order valence-electron chi connectivity index (χ1n) is 15.5. The standard InChI is InChI=1S/C39H32O6/c1-44-32-20-25-19-27(26-12-8-7-10-22-13-15-30(40)28(17-22)35(34(25)26)37(32)42)36-24-11-6-4-2-3-5-9-23-14-16-31-29(18-23)39(36,33(41)21-24)38(43)45-31/h2-4,6,8,12-21,26,36,40,42H,5,7,9-11H2,1H3/b3-2-,6-4+,12-8-/t26-,36+,39+/m1/s1. The molecule has 0 radical (unpaired) electrons. The normalized spacial score (nSPS) is 26.3. The van der Waals surface area contributed by atoms with Crippen molar-refractivity contribution in [3.8, 4) is 34.1 Å². The summed E-state index contributed by atoms with van der Waals surface area (Å²) < 4.78 is 11.5. The molecule has 0 aromatic heterocycles. The number of esters is 1. The van der Waals surface area contributed by atoms with Crippen molar-refractivity contribution in [1.29, 1.82) is 0 Å². The highest BCUT2D eigenvalue weighted by atomic mass is 16.5. The third-order valence-electron chi connectivity index (χ3n) is 9.98. The molecule has 3 aromatic rings. The fourth-order valence-electron chi connectivity index (χ4n) is 7.95. The lowest BCUT2D eigenvalue weighted by atomic mass is 9.64. The van der Waals surface area contributed by atoms with Gasteiger partial charge in [0.05, 0.1) is 7.11 Å². The number of allylic oxidation sites excluding steroid dienone is 9. The lowest BCUT2D eigenvalue weighted by Crippen LogP contribution is -2.46. The van der Waals surface area contributed by atoms with E-state index in [-0.39, 0.29) is 28.9 Å². The minimum atomic E-state index is -1.55. The number of methoxy groups -OCH3 is 1. The Morgan fingerprint density at radius 1 is 0.911 bits per heavy atom. The summed E-state index contributed by atoms with van der Waals surface area (Å²) >= 11 is 0. The van der Waals surface area contributed by atoms with E-state index in [1.807, 2.05) is 54.6 Å². The first-order chi connectivity index (χ1) is 21.9. The van der Waals surface area contributed by atoms with Crippen LogP contribution in [0.3, 0.4) is 0 Å². The number of hydrogen-bond donors (Lipinski definition) is 2. The van der Waals surface area contributed by atoms with Gasteiger partial charge in [0.2, 0.25) is 0 Å². The predicted molar refractivity (Wildman–Crippen MR) is 171 cm³/mol. The Morgan fingerprint density at radius 2 is 1.69 bits per heavy atom. The summed E-state index contributed by atoms with van der Waals surface area (Å²) in [7, 11) is 1.50. The molecule has 2 N–H and O–H groups in total. The number of rotatable bonds is 2. The van der Waals surface area contributed by atoms with E-state index in [1.165, 1.54) is 7.11 Å². The van der Waals surface area contributed by atoms with Crippen molar-refractivity contribution >= 4 is 17.8 Å². The molecule has 1 spiro atoms. The monoisotopic (exact) mass is 596 g/mol. The van der Waals surface area contributed by atoms with Gasteiger partial charge in [-0.3, -0.25) is 9.59 Å². The van der Waals surface area contributed by atoms with Gasteiger partial charge in [0, 0.05) is 28.5 Å². The van der Waals surface area contributed by atoms with Crippen molar-refractivity contribution in [1.82, 2.24) is 0 Å². The van der Waals surface area contributed by atoms with Gasteiger partial charge < -0.3 is 19.7 Å². The summed E-state index contributed by atoms with van der Waals surface area (Å²) in [6, 6.07) is 13.1. The number of phenolic OH excluding ortho intramolecular Hbond substituents is 2. The molecular formula is C39H32O6. The molecule has 6 heteroatoms. The van der Waals surface area contributed by atoms with Crippen LogP contribution in [-0.4, -0.2) is 29.1 Å². The number of phenols is 2. The summed E-state index contributed by atoms with van der Waals surface area (Å²) in [6.45, 7) is 0. The van der Waals surface area contributed by atoms with E-state index >= 15 is 0 Å². The second-order valence-corrected chi connectivity index (χ2v) is 12.4. The Labute approximate surface area is 261 Å². The van der Waals surface area contributed by atoms with Gasteiger partial charge in [-0.05, 0) is 90.3 Å². The van der Waals surface area contributed by atoms with Crippen molar-refractivity contribution in [2.45, 2.75) is 43.4 Å². The highest BCUT2D eigenvalue weighted by Crippen LogP contribution is 2.61. The molecule has 0 saturated heterocycles. The minimum Gasteiger partial charge on any atom is -0.507 e. The largest absolute Gasteiger partial charge is 0.507 e. The predicted octanol–water partition coefficient (Wildman–Crippen LogP) is 7.19. The van der Waals surface area contributed by atoms with E-state index in [4.69, 9.17) is 9.47 Å². The number of ketones is 1. The molecule has 0 amide bonds. The Bertz CT molecular complexity index is 1970. The van der Waals surface area contributed by atoms with E-state index < -0.39 is 17.3 Å². The second-order valence-electron chi connectivity index (χ2n) is 12.4. The summed E-state index contributed by atoms with van der Waals surface area (Å²) in [4.78, 5) is 28.5. The van der Waals surface area contributed by atoms with E-state index in [1.54, 1.807) is 18.2 Å². The number of aryl methyl sites for hydroxylation is 2. The molecule has 8 rings (SSSR count). The molecule has 5 aliphatic rings. The zero-order valence-corrected chi connectivity index (χ0v) is 24.9. The third-order valence-corrected chi connectivity index (χ3v) is 9.98. The van der Waals surface area contributed by atoms with Crippen LogP contribution in [0, 0.1) is 5.92 Å². The zero-order chi connectivity index (χ0) is 30.9. The van der Waals surface area contributed by atoms with E-state index in [0.29, 0.717) is 28.9 Å². The Hall–Kier alpha value is -5.10. The first kappa shape index (κ1) is 27.4. The molecule has 6 bridgehead atoms. The fourth-order valence-corrected chi connectivity index (χ4v) is 7.95. The van der Waals surface area contributed by atoms with Crippen LogP contribution in [0.5, 0.6) is 23.0 Å². The van der Waals surface area contributed by atoms with Gasteiger partial charge in [0.25, 0.3) is 0 Å². The van der Waals surface area contributed by atoms with Crippen molar-refractivity contribution in [2.24, 2.45) is 5.92 Å². The smallest absolute Gasteiger partial charge is 0.331 e. The molecule has 1 aliphatic heterocycles. The van der Waals surface area contributed by atoms with Gasteiger partial charge in [-0.15, -0.1) is 0 Å². The van der Waals surface area contributed by atoms with Crippen molar-refractivity contribution in [3.05, 3.63) is 124 Å². The third kappa shape index (κ3) is 3.94. The van der Waals surface area contributed by atoms with Crippen LogP contribution in [0.1, 0.15) is 53.0 Å². The van der Waals surface area contributed by atoms with Gasteiger partial charge in [0.15, 0.2) is 22.7 Å². The van der Waals surface area contributed by atoms with Crippen molar-refractivity contribution in [2.75, 3.05) is 7.11 Å². The van der Waals surface area contributed by atoms with Crippen LogP contribution in [0.15, 0.2) is 96.1 Å². The van der Waals surface area contributed by atoms with Crippen molar-refractivity contribution in [3.63, 3.8) is 0 Å². The molecule has 0 unspecified atom stereocenters. The molecule has 224 valence electrons. The maximum Gasteiger partial charge on any atom is 0.331 e. The van der Waals surface area contributed by atoms with E-state index in [2.05, 4.69) is 18.2 Å². The van der Waals surface area contributed by atoms with Crippen molar-refractivity contribution < 1.29 is 29.3 Å². The summed E-state index contributed by atoms with van der Waals surface area (Å²) in [5.74, 6) is -1.12. The molecule has 3 atom stereocenters. The Balaban J connectivity index is 1.40. The molecule has 0 saturated carbocycles. The molecular weight excluding hydrogens is 564 g/mol. The quantitative estimate of drug-likeness (QED) is 0.141. The average Bonchev–Trinajstić information content (AvgIpc) is 3.64. The summed E-state index contributed by atoms with van der Waals surface area (Å²) in [5, 5.41) is 22.7. The van der Waals surface area contributed by atoms with Crippen LogP contribution in [0.2, 0.25) is 0 Å². The molecule has 0 fully saturated rings. The van der Waals surface area contributed by atoms with Crippen LogP contribution < -0.4 is 9.47 Å². The van der Waals surface area contributed by atoms with Gasteiger partial charge in [-0.1, -0.05) is 66.3 Å². The highest BCUT2D eigenvalue weighted by molar-refractivity contribution is 6.21. The molecule has 6 nitrogen and oxygen atoms in total. The van der Waals surface area contributed by atoms with E-state index in [9.17, 15) is 19.8 Å². The van der Waals surface area contributed by atoms with Gasteiger partial charge in [-0.25, -0.2) is 0 Å². The summed E-state index contributed by atoms with van der Waals surface area (Å²) in [5.41, 5.74) is 5.47. The number of ether oxygens (including phenoxy) is 2. The number of carbonyl (C=O) groups is 2. The van der Waals surface area contributed by atoms with Crippen LogP contribution in [-0.2, 0) is 27.8 Å². The maximum atomic E-state index is 14.3. The van der Waals surface area contributed by atoms with Crippen LogP contribution in [0.4, 0.5) is 0 Å². The zero-order valence-electron chi connectivity index (χ0n) is 24.9. The highest BCUT2D eigenvalue weighted by Gasteiger charge is 2.64. The lowest BCUT2D eigenvalue weighted by molar-refractivity contribution is -0.143. The molecule has 3 aromatic carbocycles. The first-order valence-corrected chi connectivity index (χ1v) is 15.5. The van der Waals surface area contributed by atoms with Crippen LogP contribution >= 0.6 is 0 Å². The average molecular weight is 597 g/mol. The Kier molecular flexibility index (Phi) is 6.24. The van der Waals surface area contributed by atoms with Gasteiger partial charge in [-0.2, -0.15) is 0 Å². The summed E-state index contributed by atoms with van der Waals surface area (Å²) in [6.07, 6.45) is 19.7. The number of benzene rings is 3. The Morgan fingerprint density at radius 3 is 2.53 bits per heavy atom. The molecule has 45 heavy (non-hydrogen) atoms. The van der Waals surface area contributed by atoms with Gasteiger partial charge >= 0.3 is 5.97 Å². The number of aromatic hydroxyl groups is 2. The number of hydrogen-bond acceptors (Lipinski definition) is 6. The SMILES string of the molecule is COc1cc2c3c(c1O)-c1cc(ccc1O)CC/C=C\[C@@H]3C([C@@H]1C3=CC(=O)[C@]14C(=O)Oc1ccc(cc14)CC/C=C\C=C\C3)=C2. The molecule has 4 aliphatic carbocycles. The maximum absolute atomic E-state index is 14.3. The number of fused-ring (bicyclic) bond motifs is 5. The lowest BCUT2D eigenvalue weighted by Gasteiger charge is -2.33. The minimum absolute atomic E-state index is 0.0545. The van der Waals surface area contributed by atoms with Gasteiger partial charge in [0.1, 0.15) is 11.5 Å². The van der Waals surface area contributed by atoms with E-state index in [0.717, 1.165) is 59.1 Å². The second kappa shape index (κ2) is 10.2. The van der Waals surface area contributed by atoms with Crippen LogP contribution in [0.25, 0.3) is 17.2 Å². The number of carbonyl (C=O) groups excluding carboxylic acids is 2. The fraction of sp³-hybridized carbons (Fsp3) is 0.231. The topological polar surface area (TPSA) is 93.1 Å². The molecule has 1 heterocycles.